The third-order valence-electron chi connectivity index (χ3n) is 2.27. The van der Waals surface area contributed by atoms with Gasteiger partial charge in [-0.25, -0.2) is 0 Å². The van der Waals surface area contributed by atoms with E-state index in [9.17, 15) is 4.79 Å². The highest BCUT2D eigenvalue weighted by molar-refractivity contribution is 5.87. The molecule has 0 spiro atoms. The number of rotatable bonds is 4. The largest absolute Gasteiger partial charge is 0.497 e. The third-order valence-corrected chi connectivity index (χ3v) is 2.27. The molecular formula is C13H17NO2. The predicted octanol–water partition coefficient (Wildman–Crippen LogP) is 2.45. The lowest BCUT2D eigenvalue weighted by Gasteiger charge is -2.13. The van der Waals surface area contributed by atoms with Crippen molar-refractivity contribution >= 4 is 5.91 Å². The number of methoxy groups -OCH3 is 1. The van der Waals surface area contributed by atoms with Crippen LogP contribution in [0.2, 0.25) is 0 Å². The fourth-order valence-electron chi connectivity index (χ4n) is 1.41. The Bertz CT molecular complexity index is 385. The van der Waals surface area contributed by atoms with Crippen molar-refractivity contribution in [3.8, 4) is 5.75 Å². The smallest absolute Gasteiger partial charge is 0.244 e. The zero-order valence-electron chi connectivity index (χ0n) is 9.86. The Kier molecular flexibility index (Phi) is 4.58. The normalized spacial score (nSPS) is 12.4. The van der Waals surface area contributed by atoms with Gasteiger partial charge in [-0.1, -0.05) is 18.2 Å². The topological polar surface area (TPSA) is 38.3 Å². The summed E-state index contributed by atoms with van der Waals surface area (Å²) < 4.78 is 5.13. The van der Waals surface area contributed by atoms with Gasteiger partial charge >= 0.3 is 0 Å². The molecule has 1 atom stereocenters. The number of amides is 1. The van der Waals surface area contributed by atoms with Crippen molar-refractivity contribution in [2.24, 2.45) is 0 Å². The van der Waals surface area contributed by atoms with Gasteiger partial charge in [-0.05, 0) is 37.6 Å². The number of carbonyl (C=O) groups excluding carboxylic acids is 1. The van der Waals surface area contributed by atoms with Gasteiger partial charge in [0.05, 0.1) is 13.2 Å². The molecule has 16 heavy (non-hydrogen) atoms. The fraction of sp³-hybridized carbons (Fsp3) is 0.308. The van der Waals surface area contributed by atoms with Crippen LogP contribution in [0.3, 0.4) is 0 Å². The van der Waals surface area contributed by atoms with Gasteiger partial charge < -0.3 is 10.1 Å². The van der Waals surface area contributed by atoms with Crippen LogP contribution in [0.5, 0.6) is 5.75 Å². The van der Waals surface area contributed by atoms with Crippen LogP contribution in [-0.2, 0) is 4.79 Å². The summed E-state index contributed by atoms with van der Waals surface area (Å²) in [6, 6.07) is 7.64. The van der Waals surface area contributed by atoms with E-state index in [0.29, 0.717) is 0 Å². The van der Waals surface area contributed by atoms with Crippen LogP contribution in [0.1, 0.15) is 25.5 Å². The van der Waals surface area contributed by atoms with Gasteiger partial charge in [0.25, 0.3) is 0 Å². The van der Waals surface area contributed by atoms with Crippen LogP contribution >= 0.6 is 0 Å². The number of nitrogens with one attached hydrogen (secondary N) is 1. The van der Waals surface area contributed by atoms with E-state index in [0.717, 1.165) is 11.3 Å². The average molecular weight is 219 g/mol. The molecule has 3 nitrogen and oxygen atoms in total. The Morgan fingerprint density at radius 2 is 2.25 bits per heavy atom. The zero-order valence-corrected chi connectivity index (χ0v) is 9.86. The third kappa shape index (κ3) is 3.42. The number of allylic oxidation sites excluding steroid dienone is 1. The van der Waals surface area contributed by atoms with Gasteiger partial charge in [0.15, 0.2) is 0 Å². The number of carbonyl (C=O) groups is 1. The van der Waals surface area contributed by atoms with E-state index in [1.54, 1.807) is 13.2 Å². The second-order valence-corrected chi connectivity index (χ2v) is 3.51. The van der Waals surface area contributed by atoms with Crippen LogP contribution in [-0.4, -0.2) is 13.0 Å². The van der Waals surface area contributed by atoms with Crippen LogP contribution < -0.4 is 10.1 Å². The Labute approximate surface area is 96.1 Å². The Balaban J connectivity index is 2.72. The number of ether oxygens (including phenoxy) is 1. The van der Waals surface area contributed by atoms with E-state index in [-0.39, 0.29) is 11.9 Å². The minimum atomic E-state index is -0.0854. The molecule has 0 unspecified atom stereocenters. The first-order valence-electron chi connectivity index (χ1n) is 5.24. The van der Waals surface area contributed by atoms with Crippen LogP contribution in [0.15, 0.2) is 36.4 Å². The summed E-state index contributed by atoms with van der Waals surface area (Å²) in [6.07, 6.45) is 3.23. The number of hydrogen-bond donors (Lipinski definition) is 1. The average Bonchev–Trinajstić information content (AvgIpc) is 2.29. The second-order valence-electron chi connectivity index (χ2n) is 3.51. The summed E-state index contributed by atoms with van der Waals surface area (Å²) in [6.45, 7) is 3.76. The fourth-order valence-corrected chi connectivity index (χ4v) is 1.41. The van der Waals surface area contributed by atoms with Gasteiger partial charge in [0.2, 0.25) is 5.91 Å². The lowest BCUT2D eigenvalue weighted by atomic mass is 10.1. The molecule has 0 fully saturated rings. The minimum Gasteiger partial charge on any atom is -0.497 e. The van der Waals surface area contributed by atoms with Crippen molar-refractivity contribution < 1.29 is 9.53 Å². The van der Waals surface area contributed by atoms with Crippen LogP contribution in [0.4, 0.5) is 0 Å². The summed E-state index contributed by atoms with van der Waals surface area (Å²) in [5, 5.41) is 2.87. The van der Waals surface area contributed by atoms with Gasteiger partial charge in [-0.3, -0.25) is 4.79 Å². The molecule has 0 heterocycles. The van der Waals surface area contributed by atoms with Gasteiger partial charge in [0, 0.05) is 0 Å². The lowest BCUT2D eigenvalue weighted by Crippen LogP contribution is -2.24. The summed E-state index contributed by atoms with van der Waals surface area (Å²) in [5.41, 5.74) is 1.03. The van der Waals surface area contributed by atoms with Gasteiger partial charge in [-0.15, -0.1) is 0 Å². The molecule has 0 aliphatic carbocycles. The second kappa shape index (κ2) is 5.95. The quantitative estimate of drug-likeness (QED) is 0.790. The predicted molar refractivity (Wildman–Crippen MR) is 64.4 cm³/mol. The Morgan fingerprint density at radius 1 is 1.50 bits per heavy atom. The van der Waals surface area contributed by atoms with Crippen LogP contribution in [0.25, 0.3) is 0 Å². The maximum absolute atomic E-state index is 11.4. The van der Waals surface area contributed by atoms with E-state index in [1.165, 1.54) is 6.08 Å². The van der Waals surface area contributed by atoms with Crippen molar-refractivity contribution in [3.63, 3.8) is 0 Å². The first-order chi connectivity index (χ1) is 7.67. The highest BCUT2D eigenvalue weighted by atomic mass is 16.5. The molecule has 1 aromatic rings. The van der Waals surface area contributed by atoms with Crippen molar-refractivity contribution in [1.29, 1.82) is 0 Å². The molecule has 1 rings (SSSR count). The Morgan fingerprint density at radius 3 is 2.88 bits per heavy atom. The molecule has 1 amide bonds. The van der Waals surface area contributed by atoms with Crippen molar-refractivity contribution in [3.05, 3.63) is 42.0 Å². The van der Waals surface area contributed by atoms with E-state index in [2.05, 4.69) is 5.32 Å². The number of benzene rings is 1. The molecule has 1 aromatic carbocycles. The van der Waals surface area contributed by atoms with E-state index in [4.69, 9.17) is 4.74 Å². The maximum atomic E-state index is 11.4. The van der Waals surface area contributed by atoms with E-state index >= 15 is 0 Å². The lowest BCUT2D eigenvalue weighted by molar-refractivity contribution is -0.117. The molecule has 0 aromatic heterocycles. The molecule has 0 saturated heterocycles. The van der Waals surface area contributed by atoms with Crippen molar-refractivity contribution in [2.75, 3.05) is 7.11 Å². The SMILES string of the molecule is C/C=C/C(=O)N[C@@H](C)c1cccc(OC)c1. The van der Waals surface area contributed by atoms with E-state index in [1.807, 2.05) is 38.1 Å². The molecule has 0 aliphatic rings. The monoisotopic (exact) mass is 219 g/mol. The molecule has 0 radical (unpaired) electrons. The summed E-state index contributed by atoms with van der Waals surface area (Å²) >= 11 is 0. The molecule has 3 heteroatoms. The summed E-state index contributed by atoms with van der Waals surface area (Å²) in [4.78, 5) is 11.4. The first kappa shape index (κ1) is 12.3. The highest BCUT2D eigenvalue weighted by Crippen LogP contribution is 2.18. The molecule has 1 N–H and O–H groups in total. The van der Waals surface area contributed by atoms with E-state index < -0.39 is 0 Å². The van der Waals surface area contributed by atoms with Gasteiger partial charge in [-0.2, -0.15) is 0 Å². The van der Waals surface area contributed by atoms with Crippen LogP contribution in [0, 0.1) is 0 Å². The summed E-state index contributed by atoms with van der Waals surface area (Å²) in [5.74, 6) is 0.711. The highest BCUT2D eigenvalue weighted by Gasteiger charge is 2.07. The van der Waals surface area contributed by atoms with Crippen molar-refractivity contribution in [2.45, 2.75) is 19.9 Å². The molecule has 0 saturated carbocycles. The molecule has 86 valence electrons. The summed E-state index contributed by atoms with van der Waals surface area (Å²) in [7, 11) is 1.63. The number of hydrogen-bond acceptors (Lipinski definition) is 2. The molecular weight excluding hydrogens is 202 g/mol. The maximum Gasteiger partial charge on any atom is 0.244 e. The van der Waals surface area contributed by atoms with Gasteiger partial charge in [0.1, 0.15) is 5.75 Å². The Hall–Kier alpha value is -1.77. The minimum absolute atomic E-state index is 0.0289. The molecule has 0 aliphatic heterocycles. The first-order valence-corrected chi connectivity index (χ1v) is 5.24. The standard InChI is InChI=1S/C13H17NO2/c1-4-6-13(15)14-10(2)11-7-5-8-12(9-11)16-3/h4-10H,1-3H3,(H,14,15)/b6-4+/t10-/m0/s1. The zero-order chi connectivity index (χ0) is 12.0. The van der Waals surface area contributed by atoms with Crippen molar-refractivity contribution in [1.82, 2.24) is 5.32 Å². The molecule has 0 bridgehead atoms.